The van der Waals surface area contributed by atoms with Crippen LogP contribution in [0.2, 0.25) is 0 Å². The smallest absolute Gasteiger partial charge is 0.313 e. The average molecular weight is 387 g/mol. The second-order valence-electron chi connectivity index (χ2n) is 8.18. The van der Waals surface area contributed by atoms with Crippen molar-refractivity contribution in [1.82, 2.24) is 5.32 Å². The van der Waals surface area contributed by atoms with Crippen LogP contribution in [0.15, 0.2) is 24.3 Å². The highest BCUT2D eigenvalue weighted by atomic mass is 16.2. The van der Waals surface area contributed by atoms with Gasteiger partial charge in [0.1, 0.15) is 0 Å². The van der Waals surface area contributed by atoms with Gasteiger partial charge in [-0.1, -0.05) is 83.3 Å². The van der Waals surface area contributed by atoms with E-state index in [-0.39, 0.29) is 6.04 Å². The third-order valence-electron chi connectivity index (χ3n) is 5.68. The lowest BCUT2D eigenvalue weighted by atomic mass is 9.98. The van der Waals surface area contributed by atoms with Crippen LogP contribution >= 0.6 is 0 Å². The molecule has 0 heterocycles. The summed E-state index contributed by atoms with van der Waals surface area (Å²) in [5.74, 6) is -1.07. The molecular weight excluding hydrogens is 348 g/mol. The highest BCUT2D eigenvalue weighted by Crippen LogP contribution is 2.17. The molecule has 4 heteroatoms. The Morgan fingerprint density at radius 2 is 1.36 bits per heavy atom. The molecule has 1 aliphatic rings. The van der Waals surface area contributed by atoms with E-state index in [0.29, 0.717) is 5.69 Å². The summed E-state index contributed by atoms with van der Waals surface area (Å²) < 4.78 is 0. The standard InChI is InChI=1S/C24H38N2O2/c1-2-3-13-20-16-18-22(19-17-20)26-24(28)23(27)25-21-14-11-9-7-5-4-6-8-10-12-15-21/h16-19,21H,2-15H2,1H3,(H,25,27)(H,26,28). The first-order valence-electron chi connectivity index (χ1n) is 11.4. The largest absolute Gasteiger partial charge is 0.345 e. The summed E-state index contributed by atoms with van der Waals surface area (Å²) in [4.78, 5) is 24.7. The Kier molecular flexibility index (Phi) is 10.7. The van der Waals surface area contributed by atoms with Crippen LogP contribution in [0.3, 0.4) is 0 Å². The lowest BCUT2D eigenvalue weighted by Crippen LogP contribution is -2.41. The van der Waals surface area contributed by atoms with Crippen molar-refractivity contribution in [2.45, 2.75) is 103 Å². The van der Waals surface area contributed by atoms with Crippen molar-refractivity contribution < 1.29 is 9.59 Å². The molecule has 1 aliphatic carbocycles. The van der Waals surface area contributed by atoms with Gasteiger partial charge in [-0.25, -0.2) is 0 Å². The lowest BCUT2D eigenvalue weighted by Gasteiger charge is -2.19. The van der Waals surface area contributed by atoms with Gasteiger partial charge < -0.3 is 10.6 Å². The molecule has 0 unspecified atom stereocenters. The van der Waals surface area contributed by atoms with Crippen molar-refractivity contribution in [3.63, 3.8) is 0 Å². The molecule has 4 nitrogen and oxygen atoms in total. The van der Waals surface area contributed by atoms with Gasteiger partial charge in [-0.3, -0.25) is 9.59 Å². The summed E-state index contributed by atoms with van der Waals surface area (Å²) in [5.41, 5.74) is 1.94. The van der Waals surface area contributed by atoms with Crippen LogP contribution in [0.25, 0.3) is 0 Å². The maximum Gasteiger partial charge on any atom is 0.313 e. The molecule has 1 aromatic rings. The summed E-state index contributed by atoms with van der Waals surface area (Å²) in [6.07, 6.45) is 16.6. The van der Waals surface area contributed by atoms with Crippen LogP contribution < -0.4 is 10.6 Å². The SMILES string of the molecule is CCCCc1ccc(NC(=O)C(=O)NC2CCCCCCCCCCC2)cc1. The van der Waals surface area contributed by atoms with E-state index in [4.69, 9.17) is 0 Å². The van der Waals surface area contributed by atoms with Gasteiger partial charge in [0, 0.05) is 11.7 Å². The number of carbonyl (C=O) groups is 2. The minimum atomic E-state index is -0.563. The van der Waals surface area contributed by atoms with Crippen molar-refractivity contribution >= 4 is 17.5 Å². The molecular formula is C24H38N2O2. The van der Waals surface area contributed by atoms with Crippen molar-refractivity contribution in [2.75, 3.05) is 5.32 Å². The van der Waals surface area contributed by atoms with Crippen molar-refractivity contribution in [3.8, 4) is 0 Å². The molecule has 156 valence electrons. The topological polar surface area (TPSA) is 58.2 Å². The highest BCUT2D eigenvalue weighted by Gasteiger charge is 2.18. The Morgan fingerprint density at radius 1 is 0.821 bits per heavy atom. The minimum absolute atomic E-state index is 0.120. The Balaban J connectivity index is 1.80. The molecule has 1 fully saturated rings. The fourth-order valence-corrected chi connectivity index (χ4v) is 3.88. The predicted molar refractivity (Wildman–Crippen MR) is 116 cm³/mol. The van der Waals surface area contributed by atoms with Crippen LogP contribution in [-0.4, -0.2) is 17.9 Å². The summed E-state index contributed by atoms with van der Waals surface area (Å²) >= 11 is 0. The van der Waals surface area contributed by atoms with Crippen molar-refractivity contribution in [2.24, 2.45) is 0 Å². The highest BCUT2D eigenvalue weighted by molar-refractivity contribution is 6.39. The Labute approximate surface area is 170 Å². The number of rotatable bonds is 5. The molecule has 2 N–H and O–H groups in total. The minimum Gasteiger partial charge on any atom is -0.345 e. The third-order valence-corrected chi connectivity index (χ3v) is 5.68. The molecule has 0 spiro atoms. The molecule has 1 saturated carbocycles. The van der Waals surface area contributed by atoms with Gasteiger partial charge >= 0.3 is 11.8 Å². The lowest BCUT2D eigenvalue weighted by molar-refractivity contribution is -0.136. The molecule has 0 aromatic heterocycles. The van der Waals surface area contributed by atoms with Gasteiger partial charge in [-0.2, -0.15) is 0 Å². The van der Waals surface area contributed by atoms with Crippen LogP contribution in [-0.2, 0) is 16.0 Å². The number of amides is 2. The zero-order chi connectivity index (χ0) is 20.0. The molecule has 0 radical (unpaired) electrons. The predicted octanol–water partition coefficient (Wildman–Crippen LogP) is 5.76. The van der Waals surface area contributed by atoms with E-state index in [1.807, 2.05) is 24.3 Å². The average Bonchev–Trinajstić information content (AvgIpc) is 2.69. The van der Waals surface area contributed by atoms with Gasteiger partial charge in [0.25, 0.3) is 0 Å². The number of aryl methyl sites for hydroxylation is 1. The van der Waals surface area contributed by atoms with E-state index in [1.54, 1.807) is 0 Å². The fraction of sp³-hybridized carbons (Fsp3) is 0.667. The normalized spacial score (nSPS) is 17.2. The molecule has 2 rings (SSSR count). The monoisotopic (exact) mass is 386 g/mol. The Hall–Kier alpha value is -1.84. The molecule has 0 saturated heterocycles. The first-order valence-corrected chi connectivity index (χ1v) is 11.4. The molecule has 0 aliphatic heterocycles. The van der Waals surface area contributed by atoms with Gasteiger partial charge in [0.05, 0.1) is 0 Å². The molecule has 1 aromatic carbocycles. The summed E-state index contributed by atoms with van der Waals surface area (Å²) in [7, 11) is 0. The number of benzene rings is 1. The molecule has 2 amide bonds. The van der Waals surface area contributed by atoms with Crippen LogP contribution in [0, 0.1) is 0 Å². The van der Waals surface area contributed by atoms with E-state index in [2.05, 4.69) is 17.6 Å². The number of unbranched alkanes of at least 4 members (excludes halogenated alkanes) is 1. The molecule has 0 atom stereocenters. The number of carbonyl (C=O) groups excluding carboxylic acids is 2. The zero-order valence-electron chi connectivity index (χ0n) is 17.6. The second-order valence-corrected chi connectivity index (χ2v) is 8.18. The van der Waals surface area contributed by atoms with E-state index >= 15 is 0 Å². The number of hydrogen-bond donors (Lipinski definition) is 2. The third kappa shape index (κ3) is 8.90. The van der Waals surface area contributed by atoms with E-state index < -0.39 is 11.8 Å². The summed E-state index contributed by atoms with van der Waals surface area (Å²) in [5, 5.41) is 5.71. The maximum absolute atomic E-state index is 12.4. The maximum atomic E-state index is 12.4. The summed E-state index contributed by atoms with van der Waals surface area (Å²) in [6, 6.07) is 7.93. The first-order chi connectivity index (χ1) is 13.7. The van der Waals surface area contributed by atoms with Gasteiger partial charge in [0.2, 0.25) is 0 Å². The second kappa shape index (κ2) is 13.4. The summed E-state index contributed by atoms with van der Waals surface area (Å²) in [6.45, 7) is 2.18. The van der Waals surface area contributed by atoms with Crippen LogP contribution in [0.1, 0.15) is 96.0 Å². The van der Waals surface area contributed by atoms with E-state index in [9.17, 15) is 9.59 Å². The van der Waals surface area contributed by atoms with E-state index in [0.717, 1.165) is 38.5 Å². The number of hydrogen-bond acceptors (Lipinski definition) is 2. The van der Waals surface area contributed by atoms with Crippen LogP contribution in [0.4, 0.5) is 5.69 Å². The quantitative estimate of drug-likeness (QED) is 0.632. The first kappa shape index (κ1) is 22.4. The van der Waals surface area contributed by atoms with Crippen LogP contribution in [0.5, 0.6) is 0 Å². The number of anilines is 1. The Bertz CT molecular complexity index is 571. The number of nitrogens with one attached hydrogen (secondary N) is 2. The molecule has 0 bridgehead atoms. The van der Waals surface area contributed by atoms with Gasteiger partial charge in [0.15, 0.2) is 0 Å². The van der Waals surface area contributed by atoms with Gasteiger partial charge in [-0.15, -0.1) is 0 Å². The van der Waals surface area contributed by atoms with Crippen molar-refractivity contribution in [1.29, 1.82) is 0 Å². The van der Waals surface area contributed by atoms with Crippen molar-refractivity contribution in [3.05, 3.63) is 29.8 Å². The molecule has 28 heavy (non-hydrogen) atoms. The fourth-order valence-electron chi connectivity index (χ4n) is 3.88. The van der Waals surface area contributed by atoms with E-state index in [1.165, 1.54) is 56.9 Å². The van der Waals surface area contributed by atoms with Gasteiger partial charge in [-0.05, 0) is 43.4 Å². The zero-order valence-corrected chi connectivity index (χ0v) is 17.6. The Morgan fingerprint density at radius 3 is 1.89 bits per heavy atom.